The third kappa shape index (κ3) is 5.87. The number of allylic oxidation sites excluding steroid dienone is 7. The fourth-order valence-corrected chi connectivity index (χ4v) is 8.22. The molecule has 1 N–H and O–H groups in total. The molecule has 4 aliphatic heterocycles. The van der Waals surface area contributed by atoms with Crippen LogP contribution < -0.4 is 10.7 Å². The number of aromatic amines is 1. The first kappa shape index (κ1) is 33.2. The quantitative estimate of drug-likeness (QED) is 0.198. The van der Waals surface area contributed by atoms with E-state index >= 15 is 0 Å². The fourth-order valence-electron chi connectivity index (χ4n) is 6.80. The van der Waals surface area contributed by atoms with Crippen LogP contribution in [0.25, 0.3) is 22.3 Å². The number of ether oxygens (including phenoxy) is 2. The minimum absolute atomic E-state index is 0.406. The van der Waals surface area contributed by atoms with Gasteiger partial charge in [0, 0.05) is 46.1 Å². The standard InChI is InChI=1S/C42H28N6O4S2/c1-51-41(49)25-7-3-23(4-8-25)35-27-11-15-31(45-27)37(39-43-19-21-53-39)33-17-13-29(47-33)36(24-5-9-26(10-6-24)42(50)52-2)30-14-18-34(48-30)38(40-44-20-22-54-40)32-16-12-28(35)46-32/h3-17,19-22,45H,18H2,1-2H3/b35-27-,36-29-,37-31+,38-32+. The Labute approximate surface area is 316 Å². The molecule has 10 nitrogen and oxygen atoms in total. The second-order valence-electron chi connectivity index (χ2n) is 12.4. The highest BCUT2D eigenvalue weighted by Crippen LogP contribution is 2.39. The molecule has 0 spiro atoms. The largest absolute Gasteiger partial charge is 0.465 e. The molecule has 0 saturated heterocycles. The number of aromatic nitrogens is 3. The summed E-state index contributed by atoms with van der Waals surface area (Å²) in [5.41, 5.74) is 10.5. The first-order chi connectivity index (χ1) is 26.5. The molecule has 0 aliphatic carbocycles. The molecule has 262 valence electrons. The van der Waals surface area contributed by atoms with Crippen molar-refractivity contribution in [3.63, 3.8) is 0 Å². The van der Waals surface area contributed by atoms with E-state index in [0.29, 0.717) is 17.5 Å². The molecule has 5 aromatic rings. The van der Waals surface area contributed by atoms with Gasteiger partial charge in [-0.2, -0.15) is 0 Å². The van der Waals surface area contributed by atoms with Gasteiger partial charge in [-0.05, 0) is 71.8 Å². The second kappa shape index (κ2) is 13.7. The third-order valence-electron chi connectivity index (χ3n) is 9.30. The fraction of sp³-hybridized carbons (Fsp3) is 0.0714. The van der Waals surface area contributed by atoms with Crippen LogP contribution in [-0.2, 0) is 9.47 Å². The number of methoxy groups -OCH3 is 2. The summed E-state index contributed by atoms with van der Waals surface area (Å²) < 4.78 is 9.92. The van der Waals surface area contributed by atoms with Gasteiger partial charge >= 0.3 is 11.9 Å². The summed E-state index contributed by atoms with van der Waals surface area (Å²) in [5, 5.41) is 7.15. The lowest BCUT2D eigenvalue weighted by molar-refractivity contribution is 0.0592. The van der Waals surface area contributed by atoms with Crippen LogP contribution in [0.4, 0.5) is 0 Å². The number of thiazole rings is 2. The van der Waals surface area contributed by atoms with E-state index in [-0.39, 0.29) is 0 Å². The van der Waals surface area contributed by atoms with Gasteiger partial charge in [-0.25, -0.2) is 29.5 Å². The van der Waals surface area contributed by atoms with Crippen molar-refractivity contribution < 1.29 is 19.1 Å². The van der Waals surface area contributed by atoms with Crippen molar-refractivity contribution in [3.8, 4) is 0 Å². The van der Waals surface area contributed by atoms with Crippen LogP contribution in [0.1, 0.15) is 48.3 Å². The number of aliphatic imine (C=N–C) groups is 3. The van der Waals surface area contributed by atoms with Crippen molar-refractivity contribution in [3.05, 3.63) is 174 Å². The SMILES string of the molecule is COC(=O)c1ccc(/C2=C3\C=CC(=N3)/C(c3nccs3)=c3/cc/c([nH]3)=C(\c3ccc(C(=O)OC)cc3)C3=N/C(=C(/c4nccs4)C4=NC2=CC4)C=C3)cc1. The zero-order valence-electron chi connectivity index (χ0n) is 28.9. The molecular formula is C42H28N6O4S2. The molecule has 0 fully saturated rings. The lowest BCUT2D eigenvalue weighted by atomic mass is 9.99. The lowest BCUT2D eigenvalue weighted by Crippen LogP contribution is -2.21. The number of benzene rings is 2. The highest BCUT2D eigenvalue weighted by molar-refractivity contribution is 7.11. The van der Waals surface area contributed by atoms with E-state index in [2.05, 4.69) is 11.1 Å². The molecule has 12 heteroatoms. The van der Waals surface area contributed by atoms with Gasteiger partial charge in [0.15, 0.2) is 0 Å². The summed E-state index contributed by atoms with van der Waals surface area (Å²) in [6.45, 7) is 0. The molecule has 54 heavy (non-hydrogen) atoms. The summed E-state index contributed by atoms with van der Waals surface area (Å²) in [4.78, 5) is 53.5. The molecule has 2 aromatic carbocycles. The topological polar surface area (TPSA) is 131 Å². The average Bonchev–Trinajstić information content (AvgIpc) is 4.06. The van der Waals surface area contributed by atoms with Gasteiger partial charge in [-0.15, -0.1) is 22.7 Å². The van der Waals surface area contributed by atoms with E-state index in [9.17, 15) is 9.59 Å². The van der Waals surface area contributed by atoms with E-state index in [0.717, 1.165) is 88.4 Å². The van der Waals surface area contributed by atoms with Crippen LogP contribution in [-0.4, -0.2) is 58.2 Å². The van der Waals surface area contributed by atoms with Crippen molar-refractivity contribution in [1.82, 2.24) is 15.0 Å². The monoisotopic (exact) mass is 744 g/mol. The molecule has 0 saturated carbocycles. The minimum atomic E-state index is -0.408. The number of carbonyl (C=O) groups excluding carboxylic acids is 2. The highest BCUT2D eigenvalue weighted by Gasteiger charge is 2.27. The molecule has 0 atom stereocenters. The number of fused-ring (bicyclic) bond motifs is 5. The zero-order chi connectivity index (χ0) is 36.8. The van der Waals surface area contributed by atoms with Gasteiger partial charge in [-0.1, -0.05) is 30.3 Å². The Morgan fingerprint density at radius 2 is 1.13 bits per heavy atom. The molecule has 0 radical (unpaired) electrons. The van der Waals surface area contributed by atoms with Crippen LogP contribution in [0, 0.1) is 0 Å². The number of hydrogen-bond donors (Lipinski definition) is 1. The minimum Gasteiger partial charge on any atom is -0.465 e. The van der Waals surface area contributed by atoms with Gasteiger partial charge < -0.3 is 14.5 Å². The van der Waals surface area contributed by atoms with Crippen molar-refractivity contribution in [2.75, 3.05) is 14.2 Å². The summed E-state index contributed by atoms with van der Waals surface area (Å²) in [7, 11) is 2.74. The van der Waals surface area contributed by atoms with Crippen LogP contribution in [0.5, 0.6) is 0 Å². The van der Waals surface area contributed by atoms with Crippen LogP contribution in [0.15, 0.2) is 146 Å². The Bertz CT molecular complexity index is 2760. The predicted molar refractivity (Wildman–Crippen MR) is 212 cm³/mol. The summed E-state index contributed by atoms with van der Waals surface area (Å²) in [5.74, 6) is -0.814. The lowest BCUT2D eigenvalue weighted by Gasteiger charge is -2.11. The van der Waals surface area contributed by atoms with Gasteiger partial charge in [0.2, 0.25) is 0 Å². The maximum absolute atomic E-state index is 12.3. The molecule has 8 bridgehead atoms. The predicted octanol–water partition coefficient (Wildman–Crippen LogP) is 6.49. The normalized spacial score (nSPS) is 20.8. The Kier molecular flexibility index (Phi) is 8.45. The number of hydrogen-bond acceptors (Lipinski definition) is 11. The summed E-state index contributed by atoms with van der Waals surface area (Å²) >= 11 is 3.06. The van der Waals surface area contributed by atoms with Crippen molar-refractivity contribution >= 4 is 74.0 Å². The Balaban J connectivity index is 1.34. The molecule has 0 unspecified atom stereocenters. The molecule has 3 aromatic heterocycles. The van der Waals surface area contributed by atoms with E-state index < -0.39 is 11.9 Å². The van der Waals surface area contributed by atoms with Gasteiger partial charge in [0.1, 0.15) is 10.0 Å². The van der Waals surface area contributed by atoms with Gasteiger partial charge in [0.25, 0.3) is 0 Å². The van der Waals surface area contributed by atoms with E-state index in [1.165, 1.54) is 36.9 Å². The highest BCUT2D eigenvalue weighted by atomic mass is 32.1. The average molecular weight is 745 g/mol. The molecule has 7 heterocycles. The second-order valence-corrected chi connectivity index (χ2v) is 14.2. The Hall–Kier alpha value is -6.63. The number of nitrogens with zero attached hydrogens (tertiary/aromatic N) is 5. The van der Waals surface area contributed by atoms with E-state index in [4.69, 9.17) is 34.4 Å². The van der Waals surface area contributed by atoms with Crippen LogP contribution in [0.2, 0.25) is 0 Å². The van der Waals surface area contributed by atoms with Crippen molar-refractivity contribution in [2.45, 2.75) is 6.42 Å². The van der Waals surface area contributed by atoms with Crippen molar-refractivity contribution in [2.24, 2.45) is 15.0 Å². The molecular weight excluding hydrogens is 717 g/mol. The Morgan fingerprint density at radius 1 is 0.611 bits per heavy atom. The summed E-state index contributed by atoms with van der Waals surface area (Å²) in [6.07, 6.45) is 14.2. The van der Waals surface area contributed by atoms with E-state index in [1.807, 2.05) is 71.5 Å². The number of esters is 2. The number of H-pyrrole nitrogens is 1. The van der Waals surface area contributed by atoms with Gasteiger partial charge in [0.05, 0.1) is 76.1 Å². The van der Waals surface area contributed by atoms with Crippen LogP contribution >= 0.6 is 22.7 Å². The Morgan fingerprint density at radius 3 is 1.69 bits per heavy atom. The third-order valence-corrected chi connectivity index (χ3v) is 10.9. The summed E-state index contributed by atoms with van der Waals surface area (Å²) in [6, 6.07) is 18.7. The molecule has 4 aliphatic rings. The van der Waals surface area contributed by atoms with E-state index in [1.54, 1.807) is 36.7 Å². The molecule has 0 amide bonds. The first-order valence-electron chi connectivity index (χ1n) is 16.9. The number of carbonyl (C=O) groups is 2. The molecule has 9 rings (SSSR count). The number of rotatable bonds is 6. The van der Waals surface area contributed by atoms with Crippen LogP contribution in [0.3, 0.4) is 0 Å². The first-order valence-corrected chi connectivity index (χ1v) is 18.7. The van der Waals surface area contributed by atoms with Crippen molar-refractivity contribution in [1.29, 1.82) is 0 Å². The van der Waals surface area contributed by atoms with Gasteiger partial charge in [-0.3, -0.25) is 4.99 Å². The number of nitrogens with one attached hydrogen (secondary N) is 1. The zero-order valence-corrected chi connectivity index (χ0v) is 30.5. The maximum atomic E-state index is 12.3. The smallest absolute Gasteiger partial charge is 0.337 e. The maximum Gasteiger partial charge on any atom is 0.337 e.